The Bertz CT molecular complexity index is 1740. The quantitative estimate of drug-likeness (QED) is 0.186. The minimum absolute atomic E-state index is 0.120. The lowest BCUT2D eigenvalue weighted by atomic mass is 10.00. The van der Waals surface area contributed by atoms with Gasteiger partial charge < -0.3 is 37.3 Å². The number of aryl methyl sites for hydroxylation is 2. The molecule has 248 valence electrons. The molecule has 0 fully saturated rings. The number of nitrogens with zero attached hydrogens (tertiary/aromatic N) is 1. The number of H-pyrrole nitrogens is 1. The van der Waals surface area contributed by atoms with E-state index in [1.165, 1.54) is 4.90 Å². The van der Waals surface area contributed by atoms with E-state index in [4.69, 9.17) is 11.5 Å². The first-order valence-corrected chi connectivity index (χ1v) is 16.9. The largest absolute Gasteiger partial charge is 0.358 e. The van der Waals surface area contributed by atoms with Crippen molar-refractivity contribution in [2.75, 3.05) is 20.1 Å². The first kappa shape index (κ1) is 34.2. The number of hydrogen-bond donors (Lipinski definition) is 6. The molecular formula is C36H45N7O3S. The summed E-state index contributed by atoms with van der Waals surface area (Å²) in [5.74, 6) is -1.06. The Morgan fingerprint density at radius 3 is 2.40 bits per heavy atom. The van der Waals surface area contributed by atoms with Crippen LogP contribution < -0.4 is 27.4 Å². The first-order valence-electron chi connectivity index (χ1n) is 16.1. The molecule has 3 amide bonds. The molecule has 10 nitrogen and oxygen atoms in total. The van der Waals surface area contributed by atoms with Crippen molar-refractivity contribution in [1.82, 2.24) is 25.8 Å². The summed E-state index contributed by atoms with van der Waals surface area (Å²) >= 11 is 1.64. The number of likely N-dealkylation sites (N-methyl/N-ethyl adjacent to an activating group) is 1. The minimum Gasteiger partial charge on any atom is -0.358 e. The van der Waals surface area contributed by atoms with Crippen LogP contribution in [-0.4, -0.2) is 65.9 Å². The van der Waals surface area contributed by atoms with Crippen LogP contribution in [0.5, 0.6) is 0 Å². The van der Waals surface area contributed by atoms with Gasteiger partial charge in [0.25, 0.3) is 0 Å². The number of aromatic amines is 1. The molecule has 4 aromatic rings. The number of nitrogens with two attached hydrogens (primary N) is 2. The fourth-order valence-corrected chi connectivity index (χ4v) is 7.27. The summed E-state index contributed by atoms with van der Waals surface area (Å²) in [5.41, 5.74) is 17.9. The Balaban J connectivity index is 1.56. The zero-order valence-corrected chi connectivity index (χ0v) is 28.1. The molecule has 1 aliphatic heterocycles. The Morgan fingerprint density at radius 1 is 0.872 bits per heavy atom. The topological polar surface area (TPSA) is 158 Å². The Kier molecular flexibility index (Phi) is 11.4. The van der Waals surface area contributed by atoms with Gasteiger partial charge in [0.05, 0.1) is 6.04 Å². The molecule has 0 saturated heterocycles. The van der Waals surface area contributed by atoms with Crippen LogP contribution in [0.2, 0.25) is 0 Å². The maximum absolute atomic E-state index is 14.2. The first-order chi connectivity index (χ1) is 22.7. The van der Waals surface area contributed by atoms with Gasteiger partial charge >= 0.3 is 0 Å². The van der Waals surface area contributed by atoms with E-state index >= 15 is 0 Å². The van der Waals surface area contributed by atoms with Gasteiger partial charge in [-0.3, -0.25) is 14.4 Å². The number of benzene rings is 3. The lowest BCUT2D eigenvalue weighted by molar-refractivity contribution is -0.141. The molecule has 0 radical (unpaired) electrons. The molecule has 0 bridgehead atoms. The Hall–Kier alpha value is -4.16. The van der Waals surface area contributed by atoms with Crippen LogP contribution in [0.1, 0.15) is 40.8 Å². The summed E-state index contributed by atoms with van der Waals surface area (Å²) in [6.45, 7) is 5.07. The Labute approximate surface area is 280 Å². The molecule has 47 heavy (non-hydrogen) atoms. The summed E-state index contributed by atoms with van der Waals surface area (Å²) in [7, 11) is 1.61. The molecule has 5 rings (SSSR count). The van der Waals surface area contributed by atoms with Gasteiger partial charge in [-0.15, -0.1) is 0 Å². The number of carbonyl (C=O) groups excluding carboxylic acids is 3. The van der Waals surface area contributed by atoms with Crippen molar-refractivity contribution in [2.45, 2.75) is 74.1 Å². The lowest BCUT2D eigenvalue weighted by Gasteiger charge is -2.31. The van der Waals surface area contributed by atoms with E-state index in [0.29, 0.717) is 25.9 Å². The predicted octanol–water partition coefficient (Wildman–Crippen LogP) is 3.28. The van der Waals surface area contributed by atoms with E-state index in [2.05, 4.69) is 40.0 Å². The van der Waals surface area contributed by atoms with Gasteiger partial charge in [0.1, 0.15) is 12.1 Å². The van der Waals surface area contributed by atoms with Gasteiger partial charge in [0.15, 0.2) is 0 Å². The molecule has 8 N–H and O–H groups in total. The molecule has 3 atom stereocenters. The molecular weight excluding hydrogens is 611 g/mol. The summed E-state index contributed by atoms with van der Waals surface area (Å²) in [6.07, 6.45) is 1.39. The van der Waals surface area contributed by atoms with Crippen molar-refractivity contribution in [2.24, 2.45) is 11.5 Å². The van der Waals surface area contributed by atoms with E-state index in [1.807, 2.05) is 61.5 Å². The zero-order valence-electron chi connectivity index (χ0n) is 27.3. The van der Waals surface area contributed by atoms with E-state index in [0.717, 1.165) is 48.6 Å². The number of para-hydroxylation sites is 1. The highest BCUT2D eigenvalue weighted by Crippen LogP contribution is 2.35. The molecule has 3 aromatic carbocycles. The number of rotatable bonds is 6. The van der Waals surface area contributed by atoms with E-state index < -0.39 is 24.0 Å². The van der Waals surface area contributed by atoms with Crippen LogP contribution in [0.3, 0.4) is 0 Å². The highest BCUT2D eigenvalue weighted by atomic mass is 32.2. The van der Waals surface area contributed by atoms with Crippen molar-refractivity contribution in [3.63, 3.8) is 0 Å². The van der Waals surface area contributed by atoms with Crippen LogP contribution in [0.25, 0.3) is 10.9 Å². The van der Waals surface area contributed by atoms with Gasteiger partial charge in [0, 0.05) is 59.5 Å². The third-order valence-corrected chi connectivity index (χ3v) is 10.3. The fourth-order valence-electron chi connectivity index (χ4n) is 6.13. The van der Waals surface area contributed by atoms with Crippen molar-refractivity contribution in [3.8, 4) is 0 Å². The van der Waals surface area contributed by atoms with Gasteiger partial charge in [-0.05, 0) is 67.6 Å². The third-order valence-electron chi connectivity index (χ3n) is 8.88. The average Bonchev–Trinajstić information content (AvgIpc) is 3.39. The summed E-state index contributed by atoms with van der Waals surface area (Å²) in [5, 5.41) is 10.4. The second-order valence-electron chi connectivity index (χ2n) is 12.1. The second kappa shape index (κ2) is 15.6. The highest BCUT2D eigenvalue weighted by molar-refractivity contribution is 7.99. The summed E-state index contributed by atoms with van der Waals surface area (Å²) in [6, 6.07) is 19.6. The lowest BCUT2D eigenvalue weighted by Crippen LogP contribution is -2.59. The van der Waals surface area contributed by atoms with Crippen molar-refractivity contribution in [1.29, 1.82) is 0 Å². The number of nitrogens with one attached hydrogen (secondary N) is 4. The molecule has 0 saturated carbocycles. The monoisotopic (exact) mass is 655 g/mol. The number of carbonyl (C=O) groups is 3. The number of hydrogen-bond acceptors (Lipinski definition) is 7. The molecule has 1 aliphatic rings. The maximum atomic E-state index is 14.2. The smallest absolute Gasteiger partial charge is 0.246 e. The van der Waals surface area contributed by atoms with Gasteiger partial charge in [-0.2, -0.15) is 0 Å². The second-order valence-corrected chi connectivity index (χ2v) is 13.1. The number of aromatic nitrogens is 1. The van der Waals surface area contributed by atoms with Gasteiger partial charge in [0.2, 0.25) is 17.7 Å². The van der Waals surface area contributed by atoms with Crippen LogP contribution in [0, 0.1) is 13.8 Å². The number of amides is 3. The predicted molar refractivity (Wildman–Crippen MR) is 187 cm³/mol. The summed E-state index contributed by atoms with van der Waals surface area (Å²) < 4.78 is 0. The van der Waals surface area contributed by atoms with Crippen molar-refractivity contribution >= 4 is 40.4 Å². The zero-order chi connectivity index (χ0) is 33.5. The van der Waals surface area contributed by atoms with Gasteiger partial charge in [-0.1, -0.05) is 66.4 Å². The van der Waals surface area contributed by atoms with E-state index in [9.17, 15) is 14.4 Å². The molecule has 0 unspecified atom stereocenters. The van der Waals surface area contributed by atoms with E-state index in [-0.39, 0.29) is 31.3 Å². The standard InChI is InChI=1S/C36H45N7O3S/c1-22-10-8-12-25-21-40-35(45)31(18-27-23(2)41-28-14-6-5-13-26(27)28)43(3)36(46)30(19-38)42-34(44)29(15-9-17-37)39-20-24-11-4-7-16-32(24)47-33(22)25/h4-8,10-14,16,29-31,39,41H,9,15,17-21,37-38H2,1-3H3,(H,40,45)(H,42,44)/t29-,30-,31-/m0/s1. The molecule has 2 heterocycles. The van der Waals surface area contributed by atoms with Crippen molar-refractivity contribution < 1.29 is 14.4 Å². The third kappa shape index (κ3) is 7.87. The molecule has 0 spiro atoms. The number of fused-ring (bicyclic) bond motifs is 3. The SMILES string of the molecule is Cc1cccc2c1Sc1ccccc1CN[C@@H](CCCN)C(=O)N[C@@H](CN)C(=O)N(C)[C@@H](Cc1c(C)[nH]c3ccccc13)C(=O)NC2. The van der Waals surface area contributed by atoms with Crippen LogP contribution in [-0.2, 0) is 33.9 Å². The minimum atomic E-state index is -1.02. The normalized spacial score (nSPS) is 19.9. The highest BCUT2D eigenvalue weighted by Gasteiger charge is 2.34. The van der Waals surface area contributed by atoms with E-state index in [1.54, 1.807) is 18.8 Å². The fraction of sp³-hybridized carbons (Fsp3) is 0.361. The van der Waals surface area contributed by atoms with Crippen molar-refractivity contribution in [3.05, 3.63) is 94.7 Å². The van der Waals surface area contributed by atoms with Gasteiger partial charge in [-0.25, -0.2) is 0 Å². The maximum Gasteiger partial charge on any atom is 0.246 e. The molecule has 11 heteroatoms. The molecule has 0 aliphatic carbocycles. The van der Waals surface area contributed by atoms with Crippen LogP contribution >= 0.6 is 11.8 Å². The van der Waals surface area contributed by atoms with Crippen LogP contribution in [0.4, 0.5) is 0 Å². The average molecular weight is 656 g/mol. The summed E-state index contributed by atoms with van der Waals surface area (Å²) in [4.78, 5) is 48.8. The Morgan fingerprint density at radius 2 is 1.62 bits per heavy atom. The van der Waals surface area contributed by atoms with Crippen LogP contribution in [0.15, 0.2) is 76.5 Å². The molecule has 1 aromatic heterocycles.